The highest BCUT2D eigenvalue weighted by Crippen LogP contribution is 1.89. The Balaban J connectivity index is 4.15. The van der Waals surface area contributed by atoms with Gasteiger partial charge in [0.2, 0.25) is 0 Å². The van der Waals surface area contributed by atoms with E-state index in [-0.39, 0.29) is 13.2 Å². The van der Waals surface area contributed by atoms with Crippen molar-refractivity contribution in [2.24, 2.45) is 5.11 Å². The van der Waals surface area contributed by atoms with Gasteiger partial charge in [-0.3, -0.25) is 0 Å². The first-order chi connectivity index (χ1) is 7.11. The number of carbonyl (C=O) groups excluding carboxylic acids is 1. The first-order valence-electron chi connectivity index (χ1n) is 3.89. The van der Waals surface area contributed by atoms with Gasteiger partial charge in [-0.15, -0.1) is 0 Å². The Kier molecular flexibility index (Phi) is 6.15. The Morgan fingerprint density at radius 3 is 2.87 bits per heavy atom. The molecule has 8 nitrogen and oxygen atoms in total. The normalized spacial score (nSPS) is 10.7. The van der Waals surface area contributed by atoms with Gasteiger partial charge in [-0.1, -0.05) is 17.8 Å². The molecule has 8 heteroatoms. The van der Waals surface area contributed by atoms with Crippen molar-refractivity contribution in [2.75, 3.05) is 13.2 Å². The lowest BCUT2D eigenvalue weighted by Crippen LogP contribution is -2.43. The first kappa shape index (κ1) is 12.8. The number of ether oxygens (including phenoxy) is 1. The monoisotopic (exact) mass is 214 g/mol. The van der Waals surface area contributed by atoms with E-state index in [9.17, 15) is 9.59 Å². The van der Waals surface area contributed by atoms with Crippen LogP contribution in [0.1, 0.15) is 0 Å². The molecule has 0 aliphatic heterocycles. The highest BCUT2D eigenvalue weighted by molar-refractivity contribution is 5.80. The Hall–Kier alpha value is -2.21. The minimum absolute atomic E-state index is 0.0281. The van der Waals surface area contributed by atoms with Crippen molar-refractivity contribution < 1.29 is 19.4 Å². The second-order valence-electron chi connectivity index (χ2n) is 2.34. The zero-order chi connectivity index (χ0) is 11.7. The highest BCUT2D eigenvalue weighted by Gasteiger charge is 2.19. The zero-order valence-corrected chi connectivity index (χ0v) is 7.79. The fourth-order valence-electron chi connectivity index (χ4n) is 0.622. The molecule has 2 N–H and O–H groups in total. The van der Waals surface area contributed by atoms with Crippen LogP contribution >= 0.6 is 0 Å². The number of carboxylic acid groups (broad SMARTS) is 1. The van der Waals surface area contributed by atoms with Gasteiger partial charge in [-0.25, -0.2) is 9.59 Å². The third-order valence-electron chi connectivity index (χ3n) is 1.25. The van der Waals surface area contributed by atoms with Crippen LogP contribution in [0.3, 0.4) is 0 Å². The second kappa shape index (κ2) is 7.22. The van der Waals surface area contributed by atoms with E-state index in [0.29, 0.717) is 0 Å². The third kappa shape index (κ3) is 5.94. The molecule has 0 aromatic rings. The standard InChI is InChI=1S/C7H10N4O4/c1-2-3-15-7(14)10-5(6(12)13)4-9-11-8/h2,5H,1,3-4H2,(H,10,14)(H,12,13)/t5-/m0/s1. The number of carboxylic acids is 1. The van der Waals surface area contributed by atoms with E-state index in [1.165, 1.54) is 6.08 Å². The first-order valence-corrected chi connectivity index (χ1v) is 3.89. The van der Waals surface area contributed by atoms with Gasteiger partial charge >= 0.3 is 12.1 Å². The summed E-state index contributed by atoms with van der Waals surface area (Å²) in [6, 6.07) is -1.29. The predicted molar refractivity (Wildman–Crippen MR) is 50.1 cm³/mol. The van der Waals surface area contributed by atoms with Crippen molar-refractivity contribution in [3.05, 3.63) is 23.1 Å². The van der Waals surface area contributed by atoms with Crippen molar-refractivity contribution in [1.29, 1.82) is 0 Å². The number of alkyl carbamates (subject to hydrolysis) is 1. The van der Waals surface area contributed by atoms with Gasteiger partial charge in [0.05, 0.1) is 6.54 Å². The maximum absolute atomic E-state index is 10.9. The molecule has 0 fully saturated rings. The van der Waals surface area contributed by atoms with Crippen LogP contribution in [-0.2, 0) is 9.53 Å². The summed E-state index contributed by atoms with van der Waals surface area (Å²) in [6.07, 6.45) is 0.429. The number of aliphatic carboxylic acids is 1. The number of carbonyl (C=O) groups is 2. The minimum Gasteiger partial charge on any atom is -0.480 e. The lowest BCUT2D eigenvalue weighted by Gasteiger charge is -2.11. The maximum Gasteiger partial charge on any atom is 0.408 e. The maximum atomic E-state index is 10.9. The quantitative estimate of drug-likeness (QED) is 0.291. The fourth-order valence-corrected chi connectivity index (χ4v) is 0.622. The molecule has 0 aliphatic carbocycles. The molecule has 0 unspecified atom stereocenters. The average Bonchev–Trinajstić information content (AvgIpc) is 2.20. The number of azide groups is 1. The number of amides is 1. The summed E-state index contributed by atoms with van der Waals surface area (Å²) in [4.78, 5) is 23.8. The number of hydrogen-bond donors (Lipinski definition) is 2. The smallest absolute Gasteiger partial charge is 0.408 e. The Morgan fingerprint density at radius 1 is 1.73 bits per heavy atom. The van der Waals surface area contributed by atoms with Gasteiger partial charge in [0.1, 0.15) is 12.6 Å². The zero-order valence-electron chi connectivity index (χ0n) is 7.79. The van der Waals surface area contributed by atoms with Crippen LogP contribution in [0.25, 0.3) is 10.4 Å². The Labute approximate surface area is 85.2 Å². The lowest BCUT2D eigenvalue weighted by molar-refractivity contribution is -0.139. The lowest BCUT2D eigenvalue weighted by atomic mass is 10.3. The number of rotatable bonds is 6. The van der Waals surface area contributed by atoms with E-state index < -0.39 is 18.1 Å². The van der Waals surface area contributed by atoms with Gasteiger partial charge in [0, 0.05) is 4.91 Å². The molecule has 0 bridgehead atoms. The largest absolute Gasteiger partial charge is 0.480 e. The molecule has 1 amide bonds. The molecule has 0 aliphatic rings. The molecule has 0 aromatic heterocycles. The van der Waals surface area contributed by atoms with Crippen molar-refractivity contribution >= 4 is 12.1 Å². The van der Waals surface area contributed by atoms with E-state index in [2.05, 4.69) is 21.3 Å². The van der Waals surface area contributed by atoms with E-state index in [4.69, 9.17) is 10.6 Å². The molecule has 0 saturated carbocycles. The van der Waals surface area contributed by atoms with Gasteiger partial charge in [0.15, 0.2) is 0 Å². The van der Waals surface area contributed by atoms with Crippen LogP contribution in [0.4, 0.5) is 4.79 Å². The molecule has 0 saturated heterocycles. The summed E-state index contributed by atoms with van der Waals surface area (Å²) in [6.45, 7) is 2.90. The fraction of sp³-hybridized carbons (Fsp3) is 0.429. The summed E-state index contributed by atoms with van der Waals surface area (Å²) in [7, 11) is 0. The summed E-state index contributed by atoms with van der Waals surface area (Å²) >= 11 is 0. The van der Waals surface area contributed by atoms with Crippen LogP contribution in [-0.4, -0.2) is 36.4 Å². The highest BCUT2D eigenvalue weighted by atomic mass is 16.5. The molecule has 0 heterocycles. The predicted octanol–water partition coefficient (Wildman–Crippen LogP) is 0.662. The van der Waals surface area contributed by atoms with Crippen LogP contribution in [0, 0.1) is 0 Å². The Morgan fingerprint density at radius 2 is 2.40 bits per heavy atom. The topological polar surface area (TPSA) is 124 Å². The molecule has 0 spiro atoms. The van der Waals surface area contributed by atoms with Crippen LogP contribution in [0.15, 0.2) is 17.8 Å². The SMILES string of the molecule is C=CCOC(=O)N[C@@H](CN=[N+]=[N-])C(=O)O. The van der Waals surface area contributed by atoms with E-state index in [1.807, 2.05) is 5.32 Å². The van der Waals surface area contributed by atoms with Gasteiger partial charge in [-0.2, -0.15) is 0 Å². The number of nitrogens with zero attached hydrogens (tertiary/aromatic N) is 3. The van der Waals surface area contributed by atoms with Crippen LogP contribution in [0.5, 0.6) is 0 Å². The second-order valence-corrected chi connectivity index (χ2v) is 2.34. The molecule has 0 radical (unpaired) electrons. The average molecular weight is 214 g/mol. The summed E-state index contributed by atoms with van der Waals surface area (Å²) in [5.74, 6) is -1.31. The minimum atomic E-state index is -1.31. The number of hydrogen-bond acceptors (Lipinski definition) is 4. The Bertz CT molecular complexity index is 297. The van der Waals surface area contributed by atoms with Gasteiger partial charge < -0.3 is 15.2 Å². The van der Waals surface area contributed by atoms with Gasteiger partial charge in [0.25, 0.3) is 0 Å². The van der Waals surface area contributed by atoms with Crippen molar-refractivity contribution in [1.82, 2.24) is 5.32 Å². The van der Waals surface area contributed by atoms with Gasteiger partial charge in [-0.05, 0) is 5.53 Å². The van der Waals surface area contributed by atoms with E-state index >= 15 is 0 Å². The van der Waals surface area contributed by atoms with Crippen molar-refractivity contribution in [3.8, 4) is 0 Å². The molecule has 1 atom stereocenters. The molecule has 0 rings (SSSR count). The molecule has 0 aromatic carbocycles. The van der Waals surface area contributed by atoms with Crippen LogP contribution in [0.2, 0.25) is 0 Å². The van der Waals surface area contributed by atoms with Crippen molar-refractivity contribution in [2.45, 2.75) is 6.04 Å². The molecule has 15 heavy (non-hydrogen) atoms. The summed E-state index contributed by atoms with van der Waals surface area (Å²) in [5.41, 5.74) is 7.98. The van der Waals surface area contributed by atoms with E-state index in [0.717, 1.165) is 0 Å². The summed E-state index contributed by atoms with van der Waals surface area (Å²) in [5, 5.41) is 13.6. The number of nitrogens with one attached hydrogen (secondary N) is 1. The van der Waals surface area contributed by atoms with Crippen molar-refractivity contribution in [3.63, 3.8) is 0 Å². The molecular formula is C7H10N4O4. The molecule has 82 valence electrons. The summed E-state index contributed by atoms with van der Waals surface area (Å²) < 4.78 is 4.49. The molecular weight excluding hydrogens is 204 g/mol. The third-order valence-corrected chi connectivity index (χ3v) is 1.25. The van der Waals surface area contributed by atoms with Crippen LogP contribution < -0.4 is 5.32 Å². The van der Waals surface area contributed by atoms with E-state index in [1.54, 1.807) is 0 Å².